The number of amides is 2. The van der Waals surface area contributed by atoms with Crippen molar-refractivity contribution in [2.24, 2.45) is 17.6 Å². The van der Waals surface area contributed by atoms with Crippen LogP contribution in [0.5, 0.6) is 0 Å². The Morgan fingerprint density at radius 1 is 1.36 bits per heavy atom. The fourth-order valence-corrected chi connectivity index (χ4v) is 4.02. The molecule has 0 radical (unpaired) electrons. The normalized spacial score (nSPS) is 26.3. The minimum atomic E-state index is -0.479. The second kappa shape index (κ2) is 7.94. The predicted molar refractivity (Wildman–Crippen MR) is 102 cm³/mol. The highest BCUT2D eigenvalue weighted by atomic mass is 79.9. The van der Waals surface area contributed by atoms with Gasteiger partial charge in [-0.15, -0.1) is 0 Å². The molecule has 2 fully saturated rings. The minimum absolute atomic E-state index is 0.229. The summed E-state index contributed by atoms with van der Waals surface area (Å²) in [4.78, 5) is 25.7. The SMILES string of the molecule is CCC(/C=C1\CCC2C[C@@H]1CN(C(=O)OC(C)(C)C)C2)=C(\Br)C(N)=O. The number of hydrogen-bond donors (Lipinski definition) is 1. The molecule has 2 amide bonds. The first-order valence-corrected chi connectivity index (χ1v) is 9.76. The number of allylic oxidation sites excluding steroid dienone is 2. The van der Waals surface area contributed by atoms with Crippen LogP contribution in [0.15, 0.2) is 21.7 Å². The van der Waals surface area contributed by atoms with Gasteiger partial charge in [0.1, 0.15) is 5.60 Å². The highest BCUT2D eigenvalue weighted by Crippen LogP contribution is 2.39. The molecule has 0 aromatic carbocycles. The number of hydrogen-bond acceptors (Lipinski definition) is 3. The molecule has 2 rings (SSSR count). The van der Waals surface area contributed by atoms with Gasteiger partial charge in [0.15, 0.2) is 0 Å². The van der Waals surface area contributed by atoms with E-state index in [1.165, 1.54) is 5.57 Å². The monoisotopic (exact) mass is 412 g/mol. The summed E-state index contributed by atoms with van der Waals surface area (Å²) >= 11 is 3.31. The quantitative estimate of drug-likeness (QED) is 0.708. The molecule has 2 bridgehead atoms. The second-order valence-electron chi connectivity index (χ2n) is 8.00. The van der Waals surface area contributed by atoms with Gasteiger partial charge in [-0.1, -0.05) is 18.6 Å². The van der Waals surface area contributed by atoms with E-state index in [9.17, 15) is 9.59 Å². The summed E-state index contributed by atoms with van der Waals surface area (Å²) in [6.07, 6.45) is 5.78. The molecule has 1 aliphatic carbocycles. The number of nitrogens with two attached hydrogens (primary N) is 1. The number of carbonyl (C=O) groups excluding carboxylic acids is 2. The van der Waals surface area contributed by atoms with Crippen LogP contribution in [0.3, 0.4) is 0 Å². The van der Waals surface area contributed by atoms with Crippen LogP contribution in [0.1, 0.15) is 53.4 Å². The van der Waals surface area contributed by atoms with Gasteiger partial charge in [-0.25, -0.2) is 4.79 Å². The molecule has 2 N–H and O–H groups in total. The van der Waals surface area contributed by atoms with Crippen molar-refractivity contribution in [3.8, 4) is 0 Å². The molecule has 6 heteroatoms. The molecule has 1 unspecified atom stereocenters. The Kier molecular flexibility index (Phi) is 6.35. The summed E-state index contributed by atoms with van der Waals surface area (Å²) in [7, 11) is 0. The van der Waals surface area contributed by atoms with Crippen molar-refractivity contribution in [2.75, 3.05) is 13.1 Å². The van der Waals surface area contributed by atoms with Gasteiger partial charge in [0.25, 0.3) is 5.91 Å². The third-order valence-electron chi connectivity index (χ3n) is 4.79. The third kappa shape index (κ3) is 5.33. The van der Waals surface area contributed by atoms with E-state index in [-0.39, 0.29) is 6.09 Å². The highest BCUT2D eigenvalue weighted by Gasteiger charge is 2.36. The summed E-state index contributed by atoms with van der Waals surface area (Å²) in [5, 5.41) is 0. The number of piperidine rings is 1. The molecule has 25 heavy (non-hydrogen) atoms. The Balaban J connectivity index is 2.18. The van der Waals surface area contributed by atoms with E-state index < -0.39 is 11.5 Å². The van der Waals surface area contributed by atoms with Gasteiger partial charge < -0.3 is 15.4 Å². The van der Waals surface area contributed by atoms with Crippen LogP contribution in [-0.2, 0) is 9.53 Å². The fraction of sp³-hybridized carbons (Fsp3) is 0.684. The predicted octanol–water partition coefficient (Wildman–Crippen LogP) is 4.12. The number of carbonyl (C=O) groups is 2. The lowest BCUT2D eigenvalue weighted by Crippen LogP contribution is -2.48. The number of likely N-dealkylation sites (tertiary alicyclic amines) is 1. The van der Waals surface area contributed by atoms with E-state index in [0.717, 1.165) is 37.8 Å². The summed E-state index contributed by atoms with van der Waals surface area (Å²) in [5.74, 6) is 0.410. The van der Waals surface area contributed by atoms with E-state index in [1.807, 2.05) is 32.6 Å². The smallest absolute Gasteiger partial charge is 0.410 e. The van der Waals surface area contributed by atoms with Gasteiger partial charge in [0.2, 0.25) is 0 Å². The van der Waals surface area contributed by atoms with E-state index in [1.54, 1.807) is 0 Å². The Morgan fingerprint density at radius 3 is 2.60 bits per heavy atom. The van der Waals surface area contributed by atoms with Crippen LogP contribution in [-0.4, -0.2) is 35.6 Å². The molecule has 0 aromatic heterocycles. The summed E-state index contributed by atoms with van der Waals surface area (Å²) in [6.45, 7) is 9.14. The van der Waals surface area contributed by atoms with Gasteiger partial charge in [-0.3, -0.25) is 4.79 Å². The molecular formula is C19H29BrN2O3. The van der Waals surface area contributed by atoms with Crippen molar-refractivity contribution < 1.29 is 14.3 Å². The first-order chi connectivity index (χ1) is 11.6. The number of rotatable bonds is 3. The lowest BCUT2D eigenvalue weighted by Gasteiger charge is -2.43. The molecule has 0 spiro atoms. The zero-order valence-corrected chi connectivity index (χ0v) is 17.2. The van der Waals surface area contributed by atoms with E-state index in [4.69, 9.17) is 10.5 Å². The van der Waals surface area contributed by atoms with E-state index in [2.05, 4.69) is 22.0 Å². The fourth-order valence-electron chi connectivity index (χ4n) is 3.62. The van der Waals surface area contributed by atoms with Gasteiger partial charge in [0, 0.05) is 13.1 Å². The van der Waals surface area contributed by atoms with Crippen molar-refractivity contribution in [3.63, 3.8) is 0 Å². The van der Waals surface area contributed by atoms with E-state index >= 15 is 0 Å². The molecule has 1 heterocycles. The zero-order valence-electron chi connectivity index (χ0n) is 15.6. The molecule has 140 valence electrons. The lowest BCUT2D eigenvalue weighted by atomic mass is 9.74. The van der Waals surface area contributed by atoms with Crippen molar-refractivity contribution in [3.05, 3.63) is 21.7 Å². The van der Waals surface area contributed by atoms with Crippen LogP contribution in [0.2, 0.25) is 0 Å². The molecule has 5 nitrogen and oxygen atoms in total. The number of primary amides is 1. The first-order valence-electron chi connectivity index (χ1n) is 8.97. The molecule has 0 aromatic rings. The standard InChI is InChI=1S/C19H29BrN2O3/c1-5-13(16(20)17(21)23)9-14-7-6-12-8-15(14)11-22(10-12)18(24)25-19(2,3)4/h9,12,15H,5-8,10-11H2,1-4H3,(H2,21,23)/b14-9+,16-13+/t12?,15-/m1/s1. The van der Waals surface area contributed by atoms with Crippen molar-refractivity contribution in [2.45, 2.75) is 59.0 Å². The molecule has 1 saturated heterocycles. The van der Waals surface area contributed by atoms with Crippen LogP contribution >= 0.6 is 15.9 Å². The number of ether oxygens (including phenoxy) is 1. The van der Waals surface area contributed by atoms with Crippen LogP contribution in [0, 0.1) is 11.8 Å². The van der Waals surface area contributed by atoms with Gasteiger partial charge in [-0.2, -0.15) is 0 Å². The van der Waals surface area contributed by atoms with Crippen molar-refractivity contribution in [1.29, 1.82) is 0 Å². The molecule has 1 saturated carbocycles. The maximum absolute atomic E-state index is 12.4. The van der Waals surface area contributed by atoms with Gasteiger partial charge in [-0.05, 0) is 79.8 Å². The topological polar surface area (TPSA) is 72.6 Å². The third-order valence-corrected chi connectivity index (χ3v) is 5.69. The number of fused-ring (bicyclic) bond motifs is 2. The summed E-state index contributed by atoms with van der Waals surface area (Å²) in [5.41, 5.74) is 7.15. The Labute approximate surface area is 158 Å². The average molecular weight is 413 g/mol. The lowest BCUT2D eigenvalue weighted by molar-refractivity contribution is -0.113. The minimum Gasteiger partial charge on any atom is -0.444 e. The number of nitrogens with zero attached hydrogens (tertiary/aromatic N) is 1. The van der Waals surface area contributed by atoms with Crippen LogP contribution < -0.4 is 5.73 Å². The van der Waals surface area contributed by atoms with Crippen LogP contribution in [0.25, 0.3) is 0 Å². The largest absolute Gasteiger partial charge is 0.444 e. The molecule has 2 atom stereocenters. The zero-order chi connectivity index (χ0) is 18.8. The Hall–Kier alpha value is -1.30. The summed E-state index contributed by atoms with van der Waals surface area (Å²) in [6, 6.07) is 0. The molecule has 2 aliphatic rings. The maximum atomic E-state index is 12.4. The summed E-state index contributed by atoms with van der Waals surface area (Å²) < 4.78 is 5.99. The van der Waals surface area contributed by atoms with E-state index in [0.29, 0.717) is 22.9 Å². The van der Waals surface area contributed by atoms with Crippen LogP contribution in [0.4, 0.5) is 4.79 Å². The van der Waals surface area contributed by atoms with Gasteiger partial charge >= 0.3 is 6.09 Å². The average Bonchev–Trinajstić information content (AvgIpc) is 2.51. The Morgan fingerprint density at radius 2 is 2.04 bits per heavy atom. The number of halogens is 1. The Bertz CT molecular complexity index is 604. The van der Waals surface area contributed by atoms with Gasteiger partial charge in [0.05, 0.1) is 4.48 Å². The molecular weight excluding hydrogens is 384 g/mol. The van der Waals surface area contributed by atoms with Crippen molar-refractivity contribution >= 4 is 27.9 Å². The maximum Gasteiger partial charge on any atom is 0.410 e. The molecule has 1 aliphatic heterocycles. The second-order valence-corrected chi connectivity index (χ2v) is 8.79. The first kappa shape index (κ1) is 20.0. The highest BCUT2D eigenvalue weighted by molar-refractivity contribution is 9.12. The van der Waals surface area contributed by atoms with Crippen molar-refractivity contribution in [1.82, 2.24) is 4.90 Å².